The number of unbranched alkanes of at least 4 members (excludes halogenated alkanes) is 20. The molecule has 51 heavy (non-hydrogen) atoms. The summed E-state index contributed by atoms with van der Waals surface area (Å²) in [5.41, 5.74) is 5.36. The molecule has 3 unspecified atom stereocenters. The molecule has 0 fully saturated rings. The molecule has 5 N–H and O–H groups in total. The first-order valence-corrected chi connectivity index (χ1v) is 22.3. The van der Waals surface area contributed by atoms with Crippen LogP contribution in [0.1, 0.15) is 181 Å². The van der Waals surface area contributed by atoms with Gasteiger partial charge in [-0.15, -0.1) is 0 Å². The van der Waals surface area contributed by atoms with Gasteiger partial charge in [0.2, 0.25) is 5.91 Å². The molecular formula is C42H79N2O6P. The van der Waals surface area contributed by atoms with E-state index >= 15 is 0 Å². The number of allylic oxidation sites excluding steroid dienone is 7. The van der Waals surface area contributed by atoms with Gasteiger partial charge in [-0.2, -0.15) is 0 Å². The highest BCUT2D eigenvalue weighted by Gasteiger charge is 2.26. The second-order valence-corrected chi connectivity index (χ2v) is 15.3. The molecule has 0 saturated heterocycles. The summed E-state index contributed by atoms with van der Waals surface area (Å²) in [7, 11) is -4.34. The van der Waals surface area contributed by atoms with E-state index in [1.165, 1.54) is 116 Å². The fourth-order valence-corrected chi connectivity index (χ4v) is 6.47. The van der Waals surface area contributed by atoms with Gasteiger partial charge in [-0.1, -0.05) is 159 Å². The summed E-state index contributed by atoms with van der Waals surface area (Å²) in [5.74, 6) is -0.212. The lowest BCUT2D eigenvalue weighted by molar-refractivity contribution is -0.123. The van der Waals surface area contributed by atoms with Gasteiger partial charge < -0.3 is 21.1 Å². The third kappa shape index (κ3) is 36.6. The normalized spacial score (nSPS) is 14.7. The fraction of sp³-hybridized carbons (Fsp3) is 0.786. The molecule has 0 aromatic heterocycles. The molecule has 0 aromatic carbocycles. The van der Waals surface area contributed by atoms with E-state index in [0.29, 0.717) is 6.42 Å². The van der Waals surface area contributed by atoms with Gasteiger partial charge in [0.1, 0.15) is 0 Å². The van der Waals surface area contributed by atoms with Crippen LogP contribution in [0.4, 0.5) is 0 Å². The predicted octanol–water partition coefficient (Wildman–Crippen LogP) is 11.3. The number of phosphoric ester groups is 1. The maximum atomic E-state index is 12.7. The van der Waals surface area contributed by atoms with Crippen molar-refractivity contribution in [2.45, 2.75) is 193 Å². The Balaban J connectivity index is 4.20. The van der Waals surface area contributed by atoms with Gasteiger partial charge in [0.15, 0.2) is 0 Å². The van der Waals surface area contributed by atoms with E-state index in [4.69, 9.17) is 14.8 Å². The number of amides is 1. The minimum Gasteiger partial charge on any atom is -0.387 e. The van der Waals surface area contributed by atoms with Crippen LogP contribution in [-0.2, 0) is 18.4 Å². The van der Waals surface area contributed by atoms with E-state index < -0.39 is 20.0 Å². The Morgan fingerprint density at radius 1 is 0.647 bits per heavy atom. The molecule has 9 heteroatoms. The monoisotopic (exact) mass is 739 g/mol. The van der Waals surface area contributed by atoms with Crippen LogP contribution in [0, 0.1) is 0 Å². The minimum atomic E-state index is -4.34. The number of carbonyl (C=O) groups excluding carboxylic acids is 1. The summed E-state index contributed by atoms with van der Waals surface area (Å²) >= 11 is 0. The van der Waals surface area contributed by atoms with Crippen LogP contribution in [0.3, 0.4) is 0 Å². The van der Waals surface area contributed by atoms with Crippen molar-refractivity contribution in [3.05, 3.63) is 48.6 Å². The summed E-state index contributed by atoms with van der Waals surface area (Å²) in [5, 5.41) is 13.6. The van der Waals surface area contributed by atoms with Crippen molar-refractivity contribution in [3.63, 3.8) is 0 Å². The van der Waals surface area contributed by atoms with Crippen molar-refractivity contribution in [1.29, 1.82) is 0 Å². The Morgan fingerprint density at radius 2 is 1.10 bits per heavy atom. The molecule has 0 heterocycles. The fourth-order valence-electron chi connectivity index (χ4n) is 5.71. The Kier molecular flexibility index (Phi) is 37.0. The SMILES string of the molecule is CCCCCCC/C=C\C/C=C\CCCCCCCCCCCC(=O)NC(COP(=O)(O)OCCN)C(O)/C=C/CC/C=C/CCCCCCC. The van der Waals surface area contributed by atoms with Crippen molar-refractivity contribution in [1.82, 2.24) is 5.32 Å². The van der Waals surface area contributed by atoms with Crippen LogP contribution in [0.2, 0.25) is 0 Å². The molecule has 1 amide bonds. The number of aliphatic hydroxyl groups excluding tert-OH is 1. The van der Waals surface area contributed by atoms with Crippen molar-refractivity contribution >= 4 is 13.7 Å². The zero-order chi connectivity index (χ0) is 37.5. The highest BCUT2D eigenvalue weighted by atomic mass is 31.2. The molecule has 0 bridgehead atoms. The molecular weight excluding hydrogens is 659 g/mol. The van der Waals surface area contributed by atoms with Crippen LogP contribution in [0.15, 0.2) is 48.6 Å². The number of phosphoric acid groups is 1. The highest BCUT2D eigenvalue weighted by molar-refractivity contribution is 7.47. The van der Waals surface area contributed by atoms with Gasteiger partial charge in [0, 0.05) is 13.0 Å². The third-order valence-corrected chi connectivity index (χ3v) is 9.86. The predicted molar refractivity (Wildman–Crippen MR) is 217 cm³/mol. The molecule has 8 nitrogen and oxygen atoms in total. The van der Waals surface area contributed by atoms with E-state index in [1.807, 2.05) is 6.08 Å². The van der Waals surface area contributed by atoms with Gasteiger partial charge in [0.05, 0.1) is 25.4 Å². The van der Waals surface area contributed by atoms with Gasteiger partial charge in [-0.3, -0.25) is 13.8 Å². The first-order chi connectivity index (χ1) is 24.9. The second kappa shape index (κ2) is 38.2. The second-order valence-electron chi connectivity index (χ2n) is 13.8. The summed E-state index contributed by atoms with van der Waals surface area (Å²) in [4.78, 5) is 22.6. The van der Waals surface area contributed by atoms with Crippen LogP contribution < -0.4 is 11.1 Å². The van der Waals surface area contributed by atoms with Crippen molar-refractivity contribution in [3.8, 4) is 0 Å². The maximum absolute atomic E-state index is 12.7. The number of nitrogens with two attached hydrogens (primary N) is 1. The van der Waals surface area contributed by atoms with Crippen molar-refractivity contribution < 1.29 is 28.4 Å². The van der Waals surface area contributed by atoms with Crippen LogP contribution >= 0.6 is 7.82 Å². The van der Waals surface area contributed by atoms with E-state index in [9.17, 15) is 19.4 Å². The van der Waals surface area contributed by atoms with Crippen molar-refractivity contribution in [2.24, 2.45) is 5.73 Å². The smallest absolute Gasteiger partial charge is 0.387 e. The third-order valence-electron chi connectivity index (χ3n) is 8.88. The molecule has 3 atom stereocenters. The first kappa shape index (κ1) is 49.5. The Labute approximate surface area is 313 Å². The van der Waals surface area contributed by atoms with E-state index in [0.717, 1.165) is 44.9 Å². The molecule has 0 aliphatic heterocycles. The number of carbonyl (C=O) groups is 1. The molecule has 0 spiro atoms. The summed E-state index contributed by atoms with van der Waals surface area (Å²) < 4.78 is 22.0. The highest BCUT2D eigenvalue weighted by Crippen LogP contribution is 2.43. The van der Waals surface area contributed by atoms with Gasteiger partial charge in [-0.25, -0.2) is 4.57 Å². The van der Waals surface area contributed by atoms with Crippen molar-refractivity contribution in [2.75, 3.05) is 19.8 Å². The average molecular weight is 739 g/mol. The number of rotatable bonds is 38. The lowest BCUT2D eigenvalue weighted by Gasteiger charge is -2.23. The van der Waals surface area contributed by atoms with Crippen LogP contribution in [0.5, 0.6) is 0 Å². The number of aliphatic hydroxyl groups is 1. The van der Waals surface area contributed by atoms with Crippen LogP contribution in [0.25, 0.3) is 0 Å². The maximum Gasteiger partial charge on any atom is 0.472 e. The quantitative estimate of drug-likeness (QED) is 0.0282. The summed E-state index contributed by atoms with van der Waals surface area (Å²) in [6.07, 6.45) is 45.9. The lowest BCUT2D eigenvalue weighted by Crippen LogP contribution is -2.45. The van der Waals surface area contributed by atoms with Gasteiger partial charge in [-0.05, 0) is 64.2 Å². The standard InChI is InChI=1S/C42H79N2O6P/c1-3-5-7-9-11-13-15-16-17-18-19-20-21-22-23-24-26-28-30-32-34-36-42(46)44-40(39-50-51(47,48)49-38-37-43)41(45)35-33-31-29-27-25-14-12-10-8-6-4-2/h15-16,18-19,25,27,33,35,40-41,45H,3-14,17,20-24,26,28-32,34,36-39,43H2,1-2H3,(H,44,46)(H,47,48)/b16-15-,19-18-,27-25+,35-33+. The topological polar surface area (TPSA) is 131 Å². The van der Waals surface area contributed by atoms with Gasteiger partial charge in [0.25, 0.3) is 0 Å². The molecule has 0 aromatic rings. The number of hydrogen-bond donors (Lipinski definition) is 4. The van der Waals surface area contributed by atoms with E-state index in [2.05, 4.69) is 55.6 Å². The number of hydrogen-bond acceptors (Lipinski definition) is 6. The summed E-state index contributed by atoms with van der Waals surface area (Å²) in [6, 6.07) is -0.878. The Bertz CT molecular complexity index is 938. The van der Waals surface area contributed by atoms with Crippen LogP contribution in [-0.4, -0.2) is 47.8 Å². The number of nitrogens with one attached hydrogen (secondary N) is 1. The summed E-state index contributed by atoms with van der Waals surface area (Å²) in [6.45, 7) is 4.06. The molecule has 0 aliphatic carbocycles. The largest absolute Gasteiger partial charge is 0.472 e. The van der Waals surface area contributed by atoms with Gasteiger partial charge >= 0.3 is 7.82 Å². The minimum absolute atomic E-state index is 0.0718. The molecule has 0 saturated carbocycles. The Hall–Kier alpha value is -1.54. The zero-order valence-electron chi connectivity index (χ0n) is 32.8. The molecule has 0 rings (SSSR count). The molecule has 298 valence electrons. The molecule has 0 radical (unpaired) electrons. The first-order valence-electron chi connectivity index (χ1n) is 20.8. The zero-order valence-corrected chi connectivity index (χ0v) is 33.7. The lowest BCUT2D eigenvalue weighted by atomic mass is 10.1. The van der Waals surface area contributed by atoms with E-state index in [1.54, 1.807) is 6.08 Å². The average Bonchev–Trinajstić information content (AvgIpc) is 3.12. The Morgan fingerprint density at radius 3 is 1.63 bits per heavy atom. The van der Waals surface area contributed by atoms with E-state index in [-0.39, 0.29) is 25.7 Å². The molecule has 0 aliphatic rings.